The highest BCUT2D eigenvalue weighted by Gasteiger charge is 2.31. The summed E-state index contributed by atoms with van der Waals surface area (Å²) >= 11 is 0. The second-order valence-electron chi connectivity index (χ2n) is 31.5. The topological polar surface area (TPSA) is 543 Å². The lowest BCUT2D eigenvalue weighted by molar-refractivity contribution is -0.137. The Morgan fingerprint density at radius 1 is 0.265 bits per heavy atom. The second kappa shape index (κ2) is 44.3. The van der Waals surface area contributed by atoms with Crippen LogP contribution in [0.15, 0.2) is 369 Å². The van der Waals surface area contributed by atoms with Crippen LogP contribution in [0.3, 0.4) is 0 Å². The SMILES string of the molecule is COC(=O)c1ccc(-c2nc(-c3ccccc3O)nc(-c3ccccc3O)n2)cc1.N#Cc1ccc(-c2nc(-c3ccccc3O)nc(-c3ccccc3O)n2)cc1.NC(=O)c1ccc(-c2nc(-c3ccccc3O)nc(-c3ccccc3O)n2)cc1.O=S(=O)(O)c1ccc(-c2nc(-c3ccccc3O)nc(-c3ccccc3O)n2)cc1.Oc1ccccc1-c1nc(-c2ccc(C(F)(F)F)cc2)nc(-c2ccccc2O)n1. The van der Waals surface area contributed by atoms with Crippen molar-refractivity contribution in [3.05, 3.63) is 386 Å². The monoisotopic (exact) mass is 1980 g/mol. The van der Waals surface area contributed by atoms with Crippen molar-refractivity contribution in [1.29, 1.82) is 5.26 Å². The fourth-order valence-corrected chi connectivity index (χ4v) is 14.8. The first-order chi connectivity index (χ1) is 70.9. The van der Waals surface area contributed by atoms with Gasteiger partial charge in [-0.25, -0.2) is 79.6 Å². The van der Waals surface area contributed by atoms with Crippen LogP contribution in [0.5, 0.6) is 57.5 Å². The fourth-order valence-electron chi connectivity index (χ4n) is 14.3. The minimum absolute atomic E-state index is 0.0250. The summed E-state index contributed by atoms with van der Waals surface area (Å²) in [5.41, 5.74) is 12.6. The Morgan fingerprint density at radius 2 is 0.435 bits per heavy atom. The van der Waals surface area contributed by atoms with E-state index in [1.807, 2.05) is 0 Å². The van der Waals surface area contributed by atoms with Crippen molar-refractivity contribution in [3.63, 3.8) is 0 Å². The van der Waals surface area contributed by atoms with Crippen LogP contribution in [-0.2, 0) is 21.0 Å². The normalized spacial score (nSPS) is 10.9. The van der Waals surface area contributed by atoms with Gasteiger partial charge < -0.3 is 61.5 Å². The molecule has 0 saturated carbocycles. The molecule has 37 heteroatoms. The highest BCUT2D eigenvalue weighted by Crippen LogP contribution is 2.41. The van der Waals surface area contributed by atoms with Crippen LogP contribution in [0, 0.1) is 11.3 Å². The van der Waals surface area contributed by atoms with E-state index >= 15 is 0 Å². The third-order valence-corrected chi connectivity index (χ3v) is 22.6. The molecule has 0 saturated heterocycles. The van der Waals surface area contributed by atoms with E-state index in [-0.39, 0.29) is 132 Å². The van der Waals surface area contributed by atoms with Crippen LogP contribution in [0.4, 0.5) is 13.2 Å². The van der Waals surface area contributed by atoms with Crippen molar-refractivity contribution in [2.24, 2.45) is 5.73 Å². The average Bonchev–Trinajstić information content (AvgIpc) is 0.715. The lowest BCUT2D eigenvalue weighted by Gasteiger charge is -2.11. The van der Waals surface area contributed by atoms with Gasteiger partial charge >= 0.3 is 12.1 Å². The standard InChI is InChI=1S/C23H17N3O4.C22H14F3N3O2.C22H16N4O3.C22H14N4O2.C21H15N3O5S/c1-30-23(29)15-12-10-14(11-13-15)20-24-21(16-6-2-4-8-18(16)27)26-22(25-20)17-7-3-5-9-19(17)28;23-22(24,25)14-11-9-13(10-12-14)19-26-20(15-5-1-3-7-17(15)29)28-21(27-19)16-6-2-4-8-18(16)30;23-19(29)13-9-11-14(12-10-13)20-24-21(15-5-1-3-7-17(15)27)26-22(25-20)16-6-2-4-8-18(16)28;23-13-14-9-11-15(12-10-14)20-24-21(16-5-1-3-7-18(16)27)26-22(25-20)17-6-2-4-8-19(17)28;25-17-7-3-1-5-15(17)20-22-19(13-9-11-14(12-10-13)30(27,28)29)23-21(24-20)16-6-2-4-8-18(16)26/h2-13,27-28H,1H3;1-12,29-30H;1-12,27-28H,(H2,23,29);1-12,27-28H;1-12,25-26H,(H,27,28,29). The lowest BCUT2D eigenvalue weighted by atomic mass is 10.1. The van der Waals surface area contributed by atoms with E-state index in [0.717, 1.165) is 12.1 Å². The second-order valence-corrected chi connectivity index (χ2v) is 32.9. The fraction of sp³-hybridized carbons (Fsp3) is 0.0182. The summed E-state index contributed by atoms with van der Waals surface area (Å²) in [6.45, 7) is 0. The molecule has 5 heterocycles. The van der Waals surface area contributed by atoms with Crippen molar-refractivity contribution < 1.29 is 91.5 Å². The third kappa shape index (κ3) is 23.8. The third-order valence-electron chi connectivity index (χ3n) is 21.8. The number of primary amides is 1. The molecule has 0 bridgehead atoms. The molecule has 0 radical (unpaired) electrons. The van der Waals surface area contributed by atoms with Gasteiger partial charge in [-0.2, -0.15) is 26.9 Å². The number of esters is 1. The van der Waals surface area contributed by atoms with Crippen LogP contribution in [0.1, 0.15) is 31.8 Å². The zero-order valence-electron chi connectivity index (χ0n) is 76.4. The van der Waals surface area contributed by atoms with E-state index in [9.17, 15) is 86.8 Å². The smallest absolute Gasteiger partial charge is 0.416 e. The Morgan fingerprint density at radius 3 is 0.605 bits per heavy atom. The number of carbonyl (C=O) groups excluding carboxylic acids is 2. The van der Waals surface area contributed by atoms with Crippen molar-refractivity contribution in [3.8, 4) is 234 Å². The van der Waals surface area contributed by atoms with Crippen molar-refractivity contribution >= 4 is 22.0 Å². The summed E-state index contributed by atoms with van der Waals surface area (Å²) in [7, 11) is -3.02. The molecule has 20 aromatic rings. The molecule has 15 aromatic carbocycles. The van der Waals surface area contributed by atoms with E-state index in [2.05, 4.69) is 80.8 Å². The van der Waals surface area contributed by atoms with Crippen LogP contribution >= 0.6 is 0 Å². The number of methoxy groups -OCH3 is 1. The molecule has 5 aromatic heterocycles. The highest BCUT2D eigenvalue weighted by atomic mass is 32.2. The molecule has 0 fully saturated rings. The maximum atomic E-state index is 12.9. The molecular formula is C110H76F3N17O16S. The number of carbonyl (C=O) groups is 2. The number of nitriles is 1. The molecule has 20 rings (SSSR count). The Hall–Kier alpha value is -20.5. The molecule has 13 N–H and O–H groups in total. The molecule has 0 unspecified atom stereocenters. The van der Waals surface area contributed by atoms with E-state index in [4.69, 9.17) is 15.7 Å². The number of phenolic OH excluding ortho intramolecular Hbond substituents is 10. The molecule has 1 amide bonds. The molecule has 0 aliphatic rings. The number of rotatable bonds is 18. The first-order valence-corrected chi connectivity index (χ1v) is 45.3. The van der Waals surface area contributed by atoms with Gasteiger partial charge in [-0.15, -0.1) is 0 Å². The zero-order valence-corrected chi connectivity index (χ0v) is 77.2. The predicted octanol–water partition coefficient (Wildman–Crippen LogP) is 20.4. The number of nitrogens with zero attached hydrogens (tertiary/aromatic N) is 16. The van der Waals surface area contributed by atoms with E-state index in [1.54, 1.807) is 291 Å². The van der Waals surface area contributed by atoms with Crippen LogP contribution in [-0.4, -0.2) is 158 Å². The van der Waals surface area contributed by atoms with Gasteiger partial charge in [0.25, 0.3) is 10.1 Å². The summed E-state index contributed by atoms with van der Waals surface area (Å²) in [6.07, 6.45) is -4.46. The number of phenols is 10. The maximum absolute atomic E-state index is 12.9. The number of hydrogen-bond donors (Lipinski definition) is 12. The number of halogens is 3. The van der Waals surface area contributed by atoms with Gasteiger partial charge in [-0.3, -0.25) is 9.35 Å². The summed E-state index contributed by atoms with van der Waals surface area (Å²) in [4.78, 5) is 89.4. The van der Waals surface area contributed by atoms with Crippen LogP contribution in [0.2, 0.25) is 0 Å². The number of para-hydroxylation sites is 10. The van der Waals surface area contributed by atoms with Crippen molar-refractivity contribution in [1.82, 2.24) is 74.8 Å². The predicted molar refractivity (Wildman–Crippen MR) is 537 cm³/mol. The molecule has 0 aliphatic carbocycles. The van der Waals surface area contributed by atoms with Gasteiger partial charge in [0, 0.05) is 33.4 Å². The number of aromatic hydroxyl groups is 10. The molecule has 147 heavy (non-hydrogen) atoms. The van der Waals surface area contributed by atoms with Crippen LogP contribution in [0.25, 0.3) is 171 Å². The Kier molecular flexibility index (Phi) is 30.0. The number of benzene rings is 15. The zero-order chi connectivity index (χ0) is 104. The molecule has 0 spiro atoms. The van der Waals surface area contributed by atoms with Crippen molar-refractivity contribution in [2.75, 3.05) is 7.11 Å². The minimum Gasteiger partial charge on any atom is -0.507 e. The van der Waals surface area contributed by atoms with Gasteiger partial charge in [0.2, 0.25) is 5.91 Å². The number of nitrogens with two attached hydrogens (primary N) is 1. The Bertz CT molecular complexity index is 8140. The molecule has 0 atom stereocenters. The van der Waals surface area contributed by atoms with Gasteiger partial charge in [0.05, 0.1) is 90.4 Å². The van der Waals surface area contributed by atoms with Gasteiger partial charge in [0.1, 0.15) is 57.5 Å². The van der Waals surface area contributed by atoms with E-state index < -0.39 is 33.7 Å². The number of amides is 1. The molecular weight excluding hydrogens is 1900 g/mol. The maximum Gasteiger partial charge on any atom is 0.416 e. The summed E-state index contributed by atoms with van der Waals surface area (Å²) < 4.78 is 75.1. The summed E-state index contributed by atoms with van der Waals surface area (Å²) in [5.74, 6) is 2.55. The number of alkyl halides is 3. The molecule has 724 valence electrons. The minimum atomic E-state index is -4.46. The summed E-state index contributed by atoms with van der Waals surface area (Å²) in [6, 6.07) is 98.1. The first-order valence-electron chi connectivity index (χ1n) is 43.9. The molecule has 0 aliphatic heterocycles. The first kappa shape index (κ1) is 99.5. The molecule has 33 nitrogen and oxygen atoms in total. The Labute approximate surface area is 833 Å². The Balaban J connectivity index is 0.000000131. The number of aromatic nitrogens is 15. The van der Waals surface area contributed by atoms with Gasteiger partial charge in [-0.1, -0.05) is 158 Å². The number of hydrogen-bond acceptors (Lipinski definition) is 31. The van der Waals surface area contributed by atoms with E-state index in [0.29, 0.717) is 118 Å². The average molecular weight is 1980 g/mol. The quantitative estimate of drug-likeness (QED) is 0.0280. The number of ether oxygens (including phenoxy) is 1. The largest absolute Gasteiger partial charge is 0.507 e. The van der Waals surface area contributed by atoms with Gasteiger partial charge in [0.15, 0.2) is 87.4 Å². The lowest BCUT2D eigenvalue weighted by Crippen LogP contribution is -2.10. The highest BCUT2D eigenvalue weighted by molar-refractivity contribution is 7.85. The van der Waals surface area contributed by atoms with Crippen molar-refractivity contribution in [2.45, 2.75) is 11.1 Å². The summed E-state index contributed by atoms with van der Waals surface area (Å²) in [5, 5.41) is 111. The van der Waals surface area contributed by atoms with E-state index in [1.165, 1.54) is 67.8 Å². The van der Waals surface area contributed by atoms with Gasteiger partial charge in [-0.05, 0) is 206 Å². The van der Waals surface area contributed by atoms with Crippen LogP contribution < -0.4 is 5.73 Å².